The molecular formula is C21H25FN4O4S. The third-order valence-corrected chi connectivity index (χ3v) is 6.84. The average Bonchev–Trinajstić information content (AvgIpc) is 2.78. The van der Waals surface area contributed by atoms with E-state index in [9.17, 15) is 22.4 Å². The zero-order valence-corrected chi connectivity index (χ0v) is 17.8. The molecule has 0 aliphatic carbocycles. The minimum atomic E-state index is -3.80. The van der Waals surface area contributed by atoms with Crippen LogP contribution in [0.3, 0.4) is 0 Å². The van der Waals surface area contributed by atoms with Gasteiger partial charge in [0.1, 0.15) is 5.82 Å². The van der Waals surface area contributed by atoms with Crippen LogP contribution in [0.5, 0.6) is 0 Å². The van der Waals surface area contributed by atoms with E-state index in [4.69, 9.17) is 0 Å². The molecule has 0 unspecified atom stereocenters. The highest BCUT2D eigenvalue weighted by atomic mass is 32.2. The molecule has 0 aromatic heterocycles. The largest absolute Gasteiger partial charge is 0.340 e. The van der Waals surface area contributed by atoms with Crippen molar-refractivity contribution in [2.75, 3.05) is 32.7 Å². The van der Waals surface area contributed by atoms with Crippen molar-refractivity contribution in [1.29, 1.82) is 0 Å². The molecule has 31 heavy (non-hydrogen) atoms. The number of sulfonamides is 1. The molecule has 0 atom stereocenters. The minimum absolute atomic E-state index is 0.0991. The maximum Gasteiger partial charge on any atom is 0.315 e. The Morgan fingerprint density at radius 3 is 2.32 bits per heavy atom. The Kier molecular flexibility index (Phi) is 7.59. The summed E-state index contributed by atoms with van der Waals surface area (Å²) >= 11 is 0. The fourth-order valence-corrected chi connectivity index (χ4v) is 4.69. The first-order chi connectivity index (χ1) is 14.9. The summed E-state index contributed by atoms with van der Waals surface area (Å²) in [5, 5.41) is 5.36. The molecule has 1 heterocycles. The predicted octanol–water partition coefficient (Wildman–Crippen LogP) is 1.55. The summed E-state index contributed by atoms with van der Waals surface area (Å²) in [5.74, 6) is -0.777. The van der Waals surface area contributed by atoms with Crippen molar-refractivity contribution in [3.05, 3.63) is 66.0 Å². The Labute approximate surface area is 181 Å². The summed E-state index contributed by atoms with van der Waals surface area (Å²) in [6, 6.07) is 14.0. The first-order valence-electron chi connectivity index (χ1n) is 9.95. The van der Waals surface area contributed by atoms with E-state index in [2.05, 4.69) is 10.6 Å². The number of hydrogen-bond donors (Lipinski definition) is 2. The van der Waals surface area contributed by atoms with Gasteiger partial charge in [0.2, 0.25) is 15.9 Å². The molecule has 166 valence electrons. The van der Waals surface area contributed by atoms with Crippen LogP contribution >= 0.6 is 0 Å². The standard InChI is InChI=1S/C21H25FN4O4S/c22-18-7-4-8-19(15-18)31(29,30)26-13-11-25(12-14-26)20(27)9-10-23-21(28)24-16-17-5-2-1-3-6-17/h1-8,15H,9-14,16H2,(H2,23,24,28). The van der Waals surface area contributed by atoms with Crippen LogP contribution < -0.4 is 10.6 Å². The fraction of sp³-hybridized carbons (Fsp3) is 0.333. The lowest BCUT2D eigenvalue weighted by molar-refractivity contribution is -0.132. The third-order valence-electron chi connectivity index (χ3n) is 4.95. The second-order valence-corrected chi connectivity index (χ2v) is 9.03. The number of rotatable bonds is 7. The number of carbonyl (C=O) groups is 2. The van der Waals surface area contributed by atoms with Gasteiger partial charge in [-0.25, -0.2) is 17.6 Å². The monoisotopic (exact) mass is 448 g/mol. The molecular weight excluding hydrogens is 423 g/mol. The number of halogens is 1. The van der Waals surface area contributed by atoms with Crippen molar-refractivity contribution in [1.82, 2.24) is 19.8 Å². The van der Waals surface area contributed by atoms with E-state index in [1.165, 1.54) is 22.5 Å². The van der Waals surface area contributed by atoms with Gasteiger partial charge in [-0.1, -0.05) is 36.4 Å². The Balaban J connectivity index is 1.39. The van der Waals surface area contributed by atoms with E-state index in [1.807, 2.05) is 30.3 Å². The first-order valence-corrected chi connectivity index (χ1v) is 11.4. The lowest BCUT2D eigenvalue weighted by Crippen LogP contribution is -2.51. The van der Waals surface area contributed by atoms with Crippen molar-refractivity contribution in [2.45, 2.75) is 17.9 Å². The second-order valence-electron chi connectivity index (χ2n) is 7.09. The zero-order chi connectivity index (χ0) is 22.3. The van der Waals surface area contributed by atoms with Gasteiger partial charge < -0.3 is 15.5 Å². The van der Waals surface area contributed by atoms with Crippen molar-refractivity contribution in [2.24, 2.45) is 0 Å². The summed E-state index contributed by atoms with van der Waals surface area (Å²) in [6.45, 7) is 1.33. The van der Waals surface area contributed by atoms with Crippen LogP contribution in [0.15, 0.2) is 59.5 Å². The number of nitrogens with one attached hydrogen (secondary N) is 2. The van der Waals surface area contributed by atoms with Gasteiger partial charge in [0.15, 0.2) is 0 Å². The molecule has 0 bridgehead atoms. The topological polar surface area (TPSA) is 98.8 Å². The number of urea groups is 1. The van der Waals surface area contributed by atoms with Gasteiger partial charge >= 0.3 is 6.03 Å². The highest BCUT2D eigenvalue weighted by Crippen LogP contribution is 2.18. The number of nitrogens with zero attached hydrogens (tertiary/aromatic N) is 2. The summed E-state index contributed by atoms with van der Waals surface area (Å²) in [5.41, 5.74) is 0.972. The van der Waals surface area contributed by atoms with E-state index < -0.39 is 15.8 Å². The zero-order valence-electron chi connectivity index (χ0n) is 17.0. The summed E-state index contributed by atoms with van der Waals surface area (Å²) in [7, 11) is -3.80. The van der Waals surface area contributed by atoms with Gasteiger partial charge in [-0.05, 0) is 23.8 Å². The van der Waals surface area contributed by atoms with Crippen molar-refractivity contribution in [3.63, 3.8) is 0 Å². The lowest BCUT2D eigenvalue weighted by Gasteiger charge is -2.34. The van der Waals surface area contributed by atoms with E-state index in [-0.39, 0.29) is 56.0 Å². The normalized spacial score (nSPS) is 14.8. The fourth-order valence-electron chi connectivity index (χ4n) is 3.24. The van der Waals surface area contributed by atoms with Crippen molar-refractivity contribution >= 4 is 22.0 Å². The molecule has 3 rings (SSSR count). The Morgan fingerprint density at radius 1 is 0.935 bits per heavy atom. The van der Waals surface area contributed by atoms with Gasteiger partial charge in [-0.3, -0.25) is 4.79 Å². The Bertz CT molecular complexity index is 1010. The van der Waals surface area contributed by atoms with E-state index in [1.54, 1.807) is 4.90 Å². The van der Waals surface area contributed by atoms with Crippen LogP contribution in [0.4, 0.5) is 9.18 Å². The number of hydrogen-bond acceptors (Lipinski definition) is 4. The number of piperazine rings is 1. The van der Waals surface area contributed by atoms with Crippen LogP contribution in [0.1, 0.15) is 12.0 Å². The maximum atomic E-state index is 13.4. The number of carbonyl (C=O) groups excluding carboxylic acids is 2. The molecule has 1 aliphatic rings. The van der Waals surface area contributed by atoms with E-state index in [0.717, 1.165) is 11.6 Å². The molecule has 1 saturated heterocycles. The van der Waals surface area contributed by atoms with E-state index >= 15 is 0 Å². The molecule has 3 amide bonds. The number of amides is 3. The second kappa shape index (κ2) is 10.4. The number of benzene rings is 2. The molecule has 10 heteroatoms. The van der Waals surface area contributed by atoms with E-state index in [0.29, 0.717) is 6.54 Å². The maximum absolute atomic E-state index is 13.4. The summed E-state index contributed by atoms with van der Waals surface area (Å²) in [4.78, 5) is 25.7. The molecule has 0 saturated carbocycles. The highest BCUT2D eigenvalue weighted by Gasteiger charge is 2.30. The van der Waals surface area contributed by atoms with Gasteiger partial charge in [0.05, 0.1) is 4.90 Å². The van der Waals surface area contributed by atoms with Crippen molar-refractivity contribution < 1.29 is 22.4 Å². The summed E-state index contributed by atoms with van der Waals surface area (Å²) < 4.78 is 39.9. The van der Waals surface area contributed by atoms with Gasteiger partial charge in [-0.15, -0.1) is 0 Å². The molecule has 0 radical (unpaired) electrons. The molecule has 1 fully saturated rings. The van der Waals surface area contributed by atoms with Crippen LogP contribution in [-0.4, -0.2) is 62.3 Å². The summed E-state index contributed by atoms with van der Waals surface area (Å²) in [6.07, 6.45) is 0.120. The van der Waals surface area contributed by atoms with Crippen LogP contribution in [0, 0.1) is 5.82 Å². The van der Waals surface area contributed by atoms with Gasteiger partial charge in [0.25, 0.3) is 0 Å². The predicted molar refractivity (Wildman–Crippen MR) is 113 cm³/mol. The first kappa shape index (κ1) is 22.7. The Morgan fingerprint density at radius 2 is 1.65 bits per heavy atom. The average molecular weight is 449 g/mol. The van der Waals surface area contributed by atoms with Crippen LogP contribution in [0.2, 0.25) is 0 Å². The highest BCUT2D eigenvalue weighted by molar-refractivity contribution is 7.89. The van der Waals surface area contributed by atoms with Gasteiger partial charge in [-0.2, -0.15) is 4.31 Å². The van der Waals surface area contributed by atoms with Crippen LogP contribution in [-0.2, 0) is 21.4 Å². The molecule has 2 aromatic rings. The molecule has 2 aromatic carbocycles. The molecule has 1 aliphatic heterocycles. The van der Waals surface area contributed by atoms with Crippen LogP contribution in [0.25, 0.3) is 0 Å². The molecule has 8 nitrogen and oxygen atoms in total. The third kappa shape index (κ3) is 6.25. The Hall–Kier alpha value is -2.98. The minimum Gasteiger partial charge on any atom is -0.340 e. The molecule has 0 spiro atoms. The smallest absolute Gasteiger partial charge is 0.315 e. The van der Waals surface area contributed by atoms with Gasteiger partial charge in [0, 0.05) is 45.7 Å². The lowest BCUT2D eigenvalue weighted by atomic mass is 10.2. The SMILES string of the molecule is O=C(NCCC(=O)N1CCN(S(=O)(=O)c2cccc(F)c2)CC1)NCc1ccccc1. The quantitative estimate of drug-likeness (QED) is 0.671. The van der Waals surface area contributed by atoms with Crippen molar-refractivity contribution in [3.8, 4) is 0 Å². The molecule has 2 N–H and O–H groups in total.